The molecule has 1 unspecified atom stereocenters. The van der Waals surface area contributed by atoms with Crippen LogP contribution in [0.2, 0.25) is 0 Å². The predicted octanol–water partition coefficient (Wildman–Crippen LogP) is 7.56. The van der Waals surface area contributed by atoms with E-state index < -0.39 is 6.85 Å². The lowest BCUT2D eigenvalue weighted by atomic mass is 9.88. The predicted molar refractivity (Wildman–Crippen MR) is 117 cm³/mol. The Morgan fingerprint density at radius 1 is 1.11 bits per heavy atom. The van der Waals surface area contributed by atoms with Crippen molar-refractivity contribution in [3.63, 3.8) is 0 Å². The lowest BCUT2D eigenvalue weighted by Crippen LogP contribution is -2.04. The molecule has 5 rings (SSSR count). The number of fused-ring (bicyclic) bond motifs is 2. The quantitative estimate of drug-likeness (QED) is 0.363. The smallest absolute Gasteiger partial charge is 0.143 e. The molecule has 142 valence electrons. The van der Waals surface area contributed by atoms with Gasteiger partial charge in [0.25, 0.3) is 0 Å². The van der Waals surface area contributed by atoms with Crippen molar-refractivity contribution in [1.82, 2.24) is 4.98 Å². The summed E-state index contributed by atoms with van der Waals surface area (Å²) in [6, 6.07) is 14.4. The molecular formula is C26H27NO. The Bertz CT molecular complexity index is 1300. The Balaban J connectivity index is 1.65. The number of aromatic nitrogens is 1. The molecule has 4 aromatic rings. The maximum atomic E-state index is 7.72. The lowest BCUT2D eigenvalue weighted by Gasteiger charge is -2.18. The SMILES string of the molecule is [2H]C([2H])([2H])c1cc2cc(C)cc(-c3nccc4cc(C5CCC(C)(C)C5)ccc34)c2o1. The summed E-state index contributed by atoms with van der Waals surface area (Å²) in [6.07, 6.45) is 5.56. The zero-order valence-electron chi connectivity index (χ0n) is 19.7. The summed E-state index contributed by atoms with van der Waals surface area (Å²) in [5.74, 6) is 0.620. The summed E-state index contributed by atoms with van der Waals surface area (Å²) in [4.78, 5) is 4.69. The Morgan fingerprint density at radius 3 is 2.79 bits per heavy atom. The summed E-state index contributed by atoms with van der Waals surface area (Å²) in [6.45, 7) is 4.45. The number of benzene rings is 2. The summed E-state index contributed by atoms with van der Waals surface area (Å²) in [7, 11) is 0. The van der Waals surface area contributed by atoms with Crippen LogP contribution in [0.1, 0.15) is 60.0 Å². The number of hydrogen-bond acceptors (Lipinski definition) is 2. The van der Waals surface area contributed by atoms with Crippen LogP contribution in [0, 0.1) is 19.2 Å². The van der Waals surface area contributed by atoms with Crippen LogP contribution in [0.3, 0.4) is 0 Å². The van der Waals surface area contributed by atoms with E-state index in [1.54, 1.807) is 6.07 Å². The molecule has 1 aliphatic rings. The van der Waals surface area contributed by atoms with E-state index in [1.807, 2.05) is 25.3 Å². The van der Waals surface area contributed by atoms with Crippen molar-refractivity contribution in [2.45, 2.75) is 52.8 Å². The highest BCUT2D eigenvalue weighted by molar-refractivity contribution is 6.02. The molecular weight excluding hydrogens is 342 g/mol. The molecule has 2 aromatic carbocycles. The molecule has 1 fully saturated rings. The van der Waals surface area contributed by atoms with Crippen molar-refractivity contribution in [2.24, 2.45) is 5.41 Å². The molecule has 0 spiro atoms. The molecule has 2 heterocycles. The van der Waals surface area contributed by atoms with Crippen molar-refractivity contribution in [3.8, 4) is 11.3 Å². The van der Waals surface area contributed by atoms with E-state index in [9.17, 15) is 0 Å². The van der Waals surface area contributed by atoms with Crippen LogP contribution in [0.4, 0.5) is 0 Å². The number of rotatable bonds is 2. The fraction of sp³-hybridized carbons (Fsp3) is 0.346. The van der Waals surface area contributed by atoms with Crippen molar-refractivity contribution in [2.75, 3.05) is 0 Å². The van der Waals surface area contributed by atoms with E-state index in [2.05, 4.69) is 43.1 Å². The van der Waals surface area contributed by atoms with Crippen LogP contribution in [0.25, 0.3) is 33.0 Å². The van der Waals surface area contributed by atoms with Gasteiger partial charge >= 0.3 is 0 Å². The Morgan fingerprint density at radius 2 is 2.00 bits per heavy atom. The van der Waals surface area contributed by atoms with Gasteiger partial charge in [-0.1, -0.05) is 32.0 Å². The Kier molecular flexibility index (Phi) is 3.19. The first-order chi connectivity index (χ1) is 14.6. The zero-order chi connectivity index (χ0) is 22.0. The van der Waals surface area contributed by atoms with Gasteiger partial charge in [0.05, 0.1) is 5.69 Å². The highest BCUT2D eigenvalue weighted by Crippen LogP contribution is 2.46. The molecule has 2 nitrogen and oxygen atoms in total. The number of pyridine rings is 1. The number of hydrogen-bond donors (Lipinski definition) is 0. The minimum atomic E-state index is -2.28. The van der Waals surface area contributed by atoms with Gasteiger partial charge in [0.1, 0.15) is 11.3 Å². The van der Waals surface area contributed by atoms with E-state index in [0.717, 1.165) is 33.0 Å². The van der Waals surface area contributed by atoms with Gasteiger partial charge in [-0.3, -0.25) is 4.98 Å². The van der Waals surface area contributed by atoms with Crippen molar-refractivity contribution >= 4 is 21.7 Å². The molecule has 28 heavy (non-hydrogen) atoms. The Hall–Kier alpha value is -2.61. The summed E-state index contributed by atoms with van der Waals surface area (Å²) in [5, 5.41) is 3.01. The van der Waals surface area contributed by atoms with Gasteiger partial charge in [-0.25, -0.2) is 0 Å². The van der Waals surface area contributed by atoms with Gasteiger partial charge in [-0.2, -0.15) is 0 Å². The zero-order valence-corrected chi connectivity index (χ0v) is 16.7. The second kappa shape index (κ2) is 6.20. The maximum Gasteiger partial charge on any atom is 0.143 e. The van der Waals surface area contributed by atoms with Crippen LogP contribution >= 0.6 is 0 Å². The fourth-order valence-electron chi connectivity index (χ4n) is 4.86. The molecule has 0 radical (unpaired) electrons. The standard InChI is InChI=1S/C26H27NO/c1-16-11-21-13-17(2)28-25(21)23(12-16)24-22-6-5-18(14-19(22)8-10-27-24)20-7-9-26(3,4)15-20/h5-6,8,10-14,20H,7,9,15H2,1-4H3/i2D3. The van der Waals surface area contributed by atoms with Crippen LogP contribution in [-0.2, 0) is 0 Å². The van der Waals surface area contributed by atoms with Gasteiger partial charge in [-0.05, 0) is 85.1 Å². The third-order valence-electron chi connectivity index (χ3n) is 6.24. The summed E-state index contributed by atoms with van der Waals surface area (Å²) < 4.78 is 29.0. The minimum absolute atomic E-state index is 0.0146. The van der Waals surface area contributed by atoms with Crippen molar-refractivity contribution in [3.05, 3.63) is 65.5 Å². The van der Waals surface area contributed by atoms with Crippen LogP contribution in [-0.4, -0.2) is 4.98 Å². The molecule has 0 N–H and O–H groups in total. The van der Waals surface area contributed by atoms with E-state index in [0.29, 0.717) is 16.9 Å². The number of aryl methyl sites for hydroxylation is 2. The molecule has 0 aliphatic heterocycles. The molecule has 1 aliphatic carbocycles. The Labute approximate surface area is 170 Å². The fourth-order valence-corrected chi connectivity index (χ4v) is 4.86. The van der Waals surface area contributed by atoms with Gasteiger partial charge in [0.2, 0.25) is 0 Å². The van der Waals surface area contributed by atoms with E-state index in [-0.39, 0.29) is 5.76 Å². The summed E-state index contributed by atoms with van der Waals surface area (Å²) >= 11 is 0. The van der Waals surface area contributed by atoms with Gasteiger partial charge in [0, 0.05) is 26.6 Å². The molecule has 1 atom stereocenters. The third kappa shape index (κ3) is 2.92. The first kappa shape index (κ1) is 14.4. The van der Waals surface area contributed by atoms with Crippen LogP contribution in [0.5, 0.6) is 0 Å². The highest BCUT2D eigenvalue weighted by atomic mass is 16.3. The normalized spacial score (nSPS) is 21.0. The molecule has 1 saturated carbocycles. The summed E-state index contributed by atoms with van der Waals surface area (Å²) in [5.41, 5.74) is 5.10. The van der Waals surface area contributed by atoms with Crippen molar-refractivity contribution < 1.29 is 8.53 Å². The topological polar surface area (TPSA) is 26.0 Å². The molecule has 2 heteroatoms. The van der Waals surface area contributed by atoms with Gasteiger partial charge < -0.3 is 4.42 Å². The second-order valence-corrected chi connectivity index (χ2v) is 9.09. The van der Waals surface area contributed by atoms with E-state index in [4.69, 9.17) is 8.53 Å². The molecule has 0 saturated heterocycles. The largest absolute Gasteiger partial charge is 0.461 e. The average molecular weight is 373 g/mol. The first-order valence-corrected chi connectivity index (χ1v) is 10.0. The molecule has 2 aromatic heterocycles. The van der Waals surface area contributed by atoms with E-state index in [1.165, 1.54) is 24.8 Å². The highest BCUT2D eigenvalue weighted by Gasteiger charge is 2.31. The molecule has 0 bridgehead atoms. The minimum Gasteiger partial charge on any atom is -0.461 e. The van der Waals surface area contributed by atoms with Crippen molar-refractivity contribution in [1.29, 1.82) is 0 Å². The lowest BCUT2D eigenvalue weighted by molar-refractivity contribution is 0.376. The van der Waals surface area contributed by atoms with Crippen LogP contribution < -0.4 is 0 Å². The van der Waals surface area contributed by atoms with E-state index >= 15 is 0 Å². The molecule has 0 amide bonds. The monoisotopic (exact) mass is 372 g/mol. The number of furan rings is 1. The van der Waals surface area contributed by atoms with Gasteiger partial charge in [0.15, 0.2) is 0 Å². The second-order valence-electron chi connectivity index (χ2n) is 9.09. The van der Waals surface area contributed by atoms with Gasteiger partial charge in [-0.15, -0.1) is 0 Å². The van der Waals surface area contributed by atoms with Crippen LogP contribution in [0.15, 0.2) is 53.1 Å². The first-order valence-electron chi connectivity index (χ1n) is 11.5. The number of nitrogens with zero attached hydrogens (tertiary/aromatic N) is 1. The average Bonchev–Trinajstić information content (AvgIpc) is 3.29. The third-order valence-corrected chi connectivity index (χ3v) is 6.24. The maximum absolute atomic E-state index is 7.72.